The van der Waals surface area contributed by atoms with Crippen LogP contribution in [0.25, 0.3) is 0 Å². The maximum atomic E-state index is 6.06. The Morgan fingerprint density at radius 2 is 2.00 bits per heavy atom. The standard InChI is InChI=1S/C11H15N5/c12-6-10-7-16(15-14-10)8-11(13)9-4-2-1-3-5-9/h1-5,7,11H,6,8,12-13H2. The fraction of sp³-hybridized carbons (Fsp3) is 0.273. The average molecular weight is 217 g/mol. The summed E-state index contributed by atoms with van der Waals surface area (Å²) >= 11 is 0. The van der Waals surface area contributed by atoms with Crippen molar-refractivity contribution in [3.63, 3.8) is 0 Å². The molecule has 1 unspecified atom stereocenters. The van der Waals surface area contributed by atoms with Crippen molar-refractivity contribution < 1.29 is 0 Å². The van der Waals surface area contributed by atoms with Gasteiger partial charge in [0.15, 0.2) is 0 Å². The van der Waals surface area contributed by atoms with Gasteiger partial charge >= 0.3 is 0 Å². The topological polar surface area (TPSA) is 82.8 Å². The zero-order chi connectivity index (χ0) is 11.4. The first-order valence-corrected chi connectivity index (χ1v) is 5.19. The number of nitrogens with zero attached hydrogens (tertiary/aromatic N) is 3. The molecule has 2 rings (SSSR count). The highest BCUT2D eigenvalue weighted by atomic mass is 15.4. The van der Waals surface area contributed by atoms with Crippen molar-refractivity contribution in [1.29, 1.82) is 0 Å². The van der Waals surface area contributed by atoms with Gasteiger partial charge in [-0.3, -0.25) is 4.68 Å². The fourth-order valence-corrected chi connectivity index (χ4v) is 1.53. The molecule has 0 amide bonds. The normalized spacial score (nSPS) is 12.6. The van der Waals surface area contributed by atoms with Crippen LogP contribution >= 0.6 is 0 Å². The first kappa shape index (κ1) is 10.8. The molecule has 0 spiro atoms. The van der Waals surface area contributed by atoms with Crippen molar-refractivity contribution in [2.45, 2.75) is 19.1 Å². The van der Waals surface area contributed by atoms with Gasteiger partial charge < -0.3 is 11.5 Å². The minimum absolute atomic E-state index is 0.0754. The zero-order valence-electron chi connectivity index (χ0n) is 8.95. The molecule has 0 bridgehead atoms. The molecule has 2 aromatic rings. The predicted octanol–water partition coefficient (Wildman–Crippen LogP) is 0.437. The number of aromatic nitrogens is 3. The van der Waals surface area contributed by atoms with Gasteiger partial charge in [0.1, 0.15) is 0 Å². The molecule has 4 N–H and O–H groups in total. The number of rotatable bonds is 4. The molecular formula is C11H15N5. The van der Waals surface area contributed by atoms with Gasteiger partial charge in [0, 0.05) is 18.8 Å². The van der Waals surface area contributed by atoms with Crippen LogP contribution in [-0.4, -0.2) is 15.0 Å². The number of hydrogen-bond acceptors (Lipinski definition) is 4. The molecule has 0 aliphatic heterocycles. The SMILES string of the molecule is NCc1cn(CC(N)c2ccccc2)nn1. The van der Waals surface area contributed by atoms with Crippen LogP contribution in [0.2, 0.25) is 0 Å². The van der Waals surface area contributed by atoms with E-state index in [-0.39, 0.29) is 6.04 Å². The van der Waals surface area contributed by atoms with Crippen LogP contribution in [0.1, 0.15) is 17.3 Å². The molecule has 0 aliphatic rings. The lowest BCUT2D eigenvalue weighted by Crippen LogP contribution is -2.17. The highest BCUT2D eigenvalue weighted by Crippen LogP contribution is 2.11. The summed E-state index contributed by atoms with van der Waals surface area (Å²) in [6, 6.07) is 9.85. The van der Waals surface area contributed by atoms with Gasteiger partial charge in [-0.15, -0.1) is 5.10 Å². The Morgan fingerprint density at radius 3 is 2.62 bits per heavy atom. The zero-order valence-corrected chi connectivity index (χ0v) is 8.95. The lowest BCUT2D eigenvalue weighted by atomic mass is 10.1. The smallest absolute Gasteiger partial charge is 0.0962 e. The Morgan fingerprint density at radius 1 is 1.25 bits per heavy atom. The summed E-state index contributed by atoms with van der Waals surface area (Å²) < 4.78 is 1.72. The third-order valence-corrected chi connectivity index (χ3v) is 2.41. The average Bonchev–Trinajstić information content (AvgIpc) is 2.78. The maximum Gasteiger partial charge on any atom is 0.0962 e. The third kappa shape index (κ3) is 2.44. The van der Waals surface area contributed by atoms with E-state index in [4.69, 9.17) is 11.5 Å². The summed E-state index contributed by atoms with van der Waals surface area (Å²) in [5.74, 6) is 0. The number of benzene rings is 1. The quantitative estimate of drug-likeness (QED) is 0.778. The van der Waals surface area contributed by atoms with Gasteiger partial charge in [-0.25, -0.2) is 0 Å². The molecule has 0 saturated heterocycles. The molecular weight excluding hydrogens is 202 g/mol. The van der Waals surface area contributed by atoms with Crippen LogP contribution in [0.5, 0.6) is 0 Å². The summed E-state index contributed by atoms with van der Waals surface area (Å²) in [4.78, 5) is 0. The van der Waals surface area contributed by atoms with E-state index in [9.17, 15) is 0 Å². The molecule has 16 heavy (non-hydrogen) atoms. The van der Waals surface area contributed by atoms with Gasteiger partial charge in [0.25, 0.3) is 0 Å². The molecule has 0 saturated carbocycles. The Kier molecular flexibility index (Phi) is 3.28. The van der Waals surface area contributed by atoms with E-state index in [1.54, 1.807) is 4.68 Å². The van der Waals surface area contributed by atoms with Crippen molar-refractivity contribution in [2.75, 3.05) is 0 Å². The molecule has 0 radical (unpaired) electrons. The summed E-state index contributed by atoms with van der Waals surface area (Å²) in [7, 11) is 0. The minimum Gasteiger partial charge on any atom is -0.325 e. The second kappa shape index (κ2) is 4.87. The van der Waals surface area contributed by atoms with E-state index in [2.05, 4.69) is 10.3 Å². The van der Waals surface area contributed by atoms with Gasteiger partial charge in [-0.1, -0.05) is 35.5 Å². The van der Waals surface area contributed by atoms with E-state index in [1.807, 2.05) is 36.5 Å². The van der Waals surface area contributed by atoms with Gasteiger partial charge in [0.2, 0.25) is 0 Å². The first-order chi connectivity index (χ1) is 7.79. The van der Waals surface area contributed by atoms with Gasteiger partial charge in [-0.2, -0.15) is 0 Å². The summed E-state index contributed by atoms with van der Waals surface area (Å²) in [6.45, 7) is 1.01. The molecule has 1 aromatic heterocycles. The number of hydrogen-bond donors (Lipinski definition) is 2. The van der Waals surface area contributed by atoms with E-state index < -0.39 is 0 Å². The van der Waals surface area contributed by atoms with Crippen molar-refractivity contribution in [2.24, 2.45) is 11.5 Å². The second-order valence-corrected chi connectivity index (χ2v) is 3.65. The van der Waals surface area contributed by atoms with Gasteiger partial charge in [-0.05, 0) is 5.56 Å². The minimum atomic E-state index is -0.0754. The van der Waals surface area contributed by atoms with Crippen LogP contribution in [0.15, 0.2) is 36.5 Å². The summed E-state index contributed by atoms with van der Waals surface area (Å²) in [5.41, 5.74) is 13.4. The van der Waals surface area contributed by atoms with Crippen LogP contribution in [0, 0.1) is 0 Å². The third-order valence-electron chi connectivity index (χ3n) is 2.41. The molecule has 1 atom stereocenters. The predicted molar refractivity (Wildman–Crippen MR) is 61.3 cm³/mol. The summed E-state index contributed by atoms with van der Waals surface area (Å²) in [5, 5.41) is 7.87. The Balaban J connectivity index is 2.05. The molecule has 1 heterocycles. The molecule has 84 valence electrons. The Hall–Kier alpha value is -1.72. The second-order valence-electron chi connectivity index (χ2n) is 3.65. The van der Waals surface area contributed by atoms with Crippen LogP contribution in [0.4, 0.5) is 0 Å². The maximum absolute atomic E-state index is 6.06. The lowest BCUT2D eigenvalue weighted by Gasteiger charge is -2.10. The summed E-state index contributed by atoms with van der Waals surface area (Å²) in [6.07, 6.45) is 1.82. The van der Waals surface area contributed by atoms with Crippen molar-refractivity contribution >= 4 is 0 Å². The monoisotopic (exact) mass is 217 g/mol. The molecule has 0 aliphatic carbocycles. The molecule has 5 heteroatoms. The lowest BCUT2D eigenvalue weighted by molar-refractivity contribution is 0.513. The van der Waals surface area contributed by atoms with E-state index in [0.29, 0.717) is 13.1 Å². The number of nitrogens with two attached hydrogens (primary N) is 2. The highest BCUT2D eigenvalue weighted by molar-refractivity contribution is 5.18. The molecule has 1 aromatic carbocycles. The van der Waals surface area contributed by atoms with Crippen LogP contribution in [0.3, 0.4) is 0 Å². The van der Waals surface area contributed by atoms with E-state index in [1.165, 1.54) is 0 Å². The molecule has 5 nitrogen and oxygen atoms in total. The molecule has 0 fully saturated rings. The van der Waals surface area contributed by atoms with Crippen molar-refractivity contribution in [3.8, 4) is 0 Å². The van der Waals surface area contributed by atoms with Crippen LogP contribution in [-0.2, 0) is 13.1 Å². The fourth-order valence-electron chi connectivity index (χ4n) is 1.53. The van der Waals surface area contributed by atoms with Gasteiger partial charge in [0.05, 0.1) is 12.2 Å². The Bertz CT molecular complexity index is 437. The van der Waals surface area contributed by atoms with E-state index in [0.717, 1.165) is 11.3 Å². The van der Waals surface area contributed by atoms with Crippen molar-refractivity contribution in [3.05, 3.63) is 47.8 Å². The van der Waals surface area contributed by atoms with Crippen molar-refractivity contribution in [1.82, 2.24) is 15.0 Å². The van der Waals surface area contributed by atoms with E-state index >= 15 is 0 Å². The highest BCUT2D eigenvalue weighted by Gasteiger charge is 2.07. The largest absolute Gasteiger partial charge is 0.325 e. The van der Waals surface area contributed by atoms with Crippen LogP contribution < -0.4 is 11.5 Å². The first-order valence-electron chi connectivity index (χ1n) is 5.19. The Labute approximate surface area is 94.1 Å².